The third-order valence-corrected chi connectivity index (χ3v) is 8.53. The molecule has 0 aromatic heterocycles. The predicted molar refractivity (Wildman–Crippen MR) is 110 cm³/mol. The highest BCUT2D eigenvalue weighted by Gasteiger charge is 2.22. The molecular weight excluding hydrogens is 404 g/mol. The molecule has 1 saturated heterocycles. The van der Waals surface area contributed by atoms with Crippen LogP contribution >= 0.6 is 23.5 Å². The fourth-order valence-electron chi connectivity index (χ4n) is 2.87. The van der Waals surface area contributed by atoms with Crippen molar-refractivity contribution in [1.29, 1.82) is 0 Å². The van der Waals surface area contributed by atoms with Gasteiger partial charge in [-0.3, -0.25) is 9.52 Å². The lowest BCUT2D eigenvalue weighted by Crippen LogP contribution is -2.25. The fraction of sp³-hybridized carbons (Fsp3) is 0.278. The molecule has 2 aromatic carbocycles. The van der Waals surface area contributed by atoms with E-state index in [0.717, 1.165) is 17.1 Å². The summed E-state index contributed by atoms with van der Waals surface area (Å²) < 4.78 is 33.8. The van der Waals surface area contributed by atoms with E-state index in [4.69, 9.17) is 4.74 Å². The van der Waals surface area contributed by atoms with E-state index in [9.17, 15) is 13.2 Å². The largest absolute Gasteiger partial charge is 0.482 e. The Kier molecular flexibility index (Phi) is 5.25. The topological polar surface area (TPSA) is 84.5 Å². The molecule has 0 atom stereocenters. The van der Waals surface area contributed by atoms with Crippen molar-refractivity contribution in [3.8, 4) is 5.75 Å². The number of anilines is 2. The molecule has 1 fully saturated rings. The fourth-order valence-corrected chi connectivity index (χ4v) is 6.82. The van der Waals surface area contributed by atoms with Crippen molar-refractivity contribution >= 4 is 50.8 Å². The zero-order chi connectivity index (χ0) is 18.9. The van der Waals surface area contributed by atoms with Crippen molar-refractivity contribution in [3.05, 3.63) is 48.0 Å². The minimum atomic E-state index is -3.78. The van der Waals surface area contributed by atoms with E-state index in [1.54, 1.807) is 12.1 Å². The average Bonchev–Trinajstić information content (AvgIpc) is 2.68. The summed E-state index contributed by atoms with van der Waals surface area (Å²) in [6.45, 7) is -0.0681. The Labute approximate surface area is 166 Å². The molecule has 0 spiro atoms. The first kappa shape index (κ1) is 18.5. The van der Waals surface area contributed by atoms with Crippen LogP contribution in [0.4, 0.5) is 11.4 Å². The van der Waals surface area contributed by atoms with Crippen molar-refractivity contribution in [2.75, 3.05) is 28.2 Å². The molecule has 9 heteroatoms. The number of amides is 1. The van der Waals surface area contributed by atoms with Crippen LogP contribution in [0.1, 0.15) is 16.6 Å². The Balaban J connectivity index is 1.57. The Hall–Kier alpha value is -1.84. The molecule has 142 valence electrons. The van der Waals surface area contributed by atoms with Crippen molar-refractivity contribution in [2.45, 2.75) is 15.9 Å². The summed E-state index contributed by atoms with van der Waals surface area (Å²) in [5.41, 5.74) is 1.99. The summed E-state index contributed by atoms with van der Waals surface area (Å²) in [5.74, 6) is 2.40. The number of ether oxygens (including phenoxy) is 1. The van der Waals surface area contributed by atoms with E-state index in [-0.39, 0.29) is 17.4 Å². The van der Waals surface area contributed by atoms with Crippen LogP contribution in [0, 0.1) is 0 Å². The monoisotopic (exact) mass is 422 g/mol. The normalized spacial score (nSPS) is 17.6. The van der Waals surface area contributed by atoms with Gasteiger partial charge in [0.15, 0.2) is 6.61 Å². The van der Waals surface area contributed by atoms with Gasteiger partial charge in [-0.2, -0.15) is 0 Å². The summed E-state index contributed by atoms with van der Waals surface area (Å²) in [5, 5.41) is 2.63. The van der Waals surface area contributed by atoms with Gasteiger partial charge >= 0.3 is 0 Å². The van der Waals surface area contributed by atoms with E-state index >= 15 is 0 Å². The van der Waals surface area contributed by atoms with Crippen LogP contribution in [0.15, 0.2) is 47.4 Å². The van der Waals surface area contributed by atoms with Gasteiger partial charge in [0.05, 0.1) is 15.2 Å². The number of carbonyl (C=O) groups is 1. The van der Waals surface area contributed by atoms with Crippen molar-refractivity contribution in [2.24, 2.45) is 0 Å². The molecule has 4 rings (SSSR count). The van der Waals surface area contributed by atoms with Crippen LogP contribution in [0.25, 0.3) is 0 Å². The zero-order valence-corrected chi connectivity index (χ0v) is 16.8. The Morgan fingerprint density at radius 2 is 1.93 bits per heavy atom. The number of hydrogen-bond donors (Lipinski definition) is 2. The van der Waals surface area contributed by atoms with E-state index in [0.29, 0.717) is 21.7 Å². The van der Waals surface area contributed by atoms with E-state index in [2.05, 4.69) is 10.0 Å². The van der Waals surface area contributed by atoms with Gasteiger partial charge < -0.3 is 10.1 Å². The predicted octanol–water partition coefficient (Wildman–Crippen LogP) is 3.69. The third kappa shape index (κ3) is 4.20. The molecule has 2 heterocycles. The number of thioether (sulfide) groups is 2. The Morgan fingerprint density at radius 1 is 1.11 bits per heavy atom. The van der Waals surface area contributed by atoms with Crippen LogP contribution in [0.5, 0.6) is 5.75 Å². The molecule has 0 saturated carbocycles. The molecule has 2 aliphatic heterocycles. The molecule has 0 aliphatic carbocycles. The molecule has 2 N–H and O–H groups in total. The van der Waals surface area contributed by atoms with Gasteiger partial charge in [-0.1, -0.05) is 12.1 Å². The van der Waals surface area contributed by atoms with Gasteiger partial charge in [-0.05, 0) is 53.8 Å². The maximum Gasteiger partial charge on any atom is 0.262 e. The molecule has 2 aliphatic rings. The average molecular weight is 423 g/mol. The number of nitrogens with one attached hydrogen (secondary N) is 2. The van der Waals surface area contributed by atoms with Crippen LogP contribution in [0.2, 0.25) is 0 Å². The first-order chi connectivity index (χ1) is 13.0. The summed E-state index contributed by atoms with van der Waals surface area (Å²) in [7, 11) is -3.78. The second kappa shape index (κ2) is 7.65. The first-order valence-corrected chi connectivity index (χ1v) is 12.0. The van der Waals surface area contributed by atoms with E-state index < -0.39 is 10.0 Å². The van der Waals surface area contributed by atoms with Gasteiger partial charge in [-0.15, -0.1) is 23.5 Å². The number of fused-ring (bicyclic) bond motifs is 1. The molecule has 0 unspecified atom stereocenters. The van der Waals surface area contributed by atoms with Crippen LogP contribution in [-0.2, 0) is 14.8 Å². The van der Waals surface area contributed by atoms with Gasteiger partial charge in [-0.25, -0.2) is 8.42 Å². The lowest BCUT2D eigenvalue weighted by atomic mass is 10.2. The highest BCUT2D eigenvalue weighted by atomic mass is 32.2. The van der Waals surface area contributed by atoms with Crippen molar-refractivity contribution in [1.82, 2.24) is 0 Å². The lowest BCUT2D eigenvalue weighted by Gasteiger charge is -2.22. The van der Waals surface area contributed by atoms with E-state index in [1.165, 1.54) is 18.6 Å². The number of sulfonamides is 1. The van der Waals surface area contributed by atoms with Crippen LogP contribution in [-0.4, -0.2) is 32.4 Å². The molecule has 0 bridgehead atoms. The molecule has 6 nitrogen and oxygen atoms in total. The highest BCUT2D eigenvalue weighted by Crippen LogP contribution is 2.44. The van der Waals surface area contributed by atoms with Crippen molar-refractivity contribution < 1.29 is 17.9 Å². The van der Waals surface area contributed by atoms with Crippen LogP contribution in [0.3, 0.4) is 0 Å². The molecule has 0 radical (unpaired) electrons. The van der Waals surface area contributed by atoms with Crippen molar-refractivity contribution in [3.63, 3.8) is 0 Å². The lowest BCUT2D eigenvalue weighted by molar-refractivity contribution is -0.118. The maximum absolute atomic E-state index is 12.8. The number of carbonyl (C=O) groups excluding carboxylic acids is 1. The molecular formula is C18H18N2O4S3. The first-order valence-electron chi connectivity index (χ1n) is 8.44. The second-order valence-corrected chi connectivity index (χ2v) is 10.6. The molecule has 27 heavy (non-hydrogen) atoms. The van der Waals surface area contributed by atoms with E-state index in [1.807, 2.05) is 41.7 Å². The van der Waals surface area contributed by atoms with Gasteiger partial charge in [0.25, 0.3) is 15.9 Å². The molecule has 2 aromatic rings. The summed E-state index contributed by atoms with van der Waals surface area (Å²) in [4.78, 5) is 11.5. The van der Waals surface area contributed by atoms with Gasteiger partial charge in [0.2, 0.25) is 0 Å². The second-order valence-electron chi connectivity index (χ2n) is 6.15. The van der Waals surface area contributed by atoms with Gasteiger partial charge in [0.1, 0.15) is 5.75 Å². The summed E-state index contributed by atoms with van der Waals surface area (Å²) in [6, 6.07) is 11.9. The minimum absolute atomic E-state index is 0.0681. The summed E-state index contributed by atoms with van der Waals surface area (Å²) >= 11 is 3.77. The maximum atomic E-state index is 12.8. The zero-order valence-electron chi connectivity index (χ0n) is 14.3. The minimum Gasteiger partial charge on any atom is -0.482 e. The SMILES string of the molecule is O=C1COc2ccc(S(=O)(=O)Nc3cccc(C4SCCCS4)c3)cc2N1. The van der Waals surface area contributed by atoms with Gasteiger partial charge in [0, 0.05) is 5.69 Å². The standard InChI is InChI=1S/C18H18N2O4S3/c21-17-11-24-16-6-5-14(10-15(16)19-17)27(22,23)20-13-4-1-3-12(9-13)18-25-7-2-8-26-18/h1,3-6,9-10,18,20H,2,7-8,11H2,(H,19,21). The highest BCUT2D eigenvalue weighted by molar-refractivity contribution is 8.16. The van der Waals surface area contributed by atoms with Crippen LogP contribution < -0.4 is 14.8 Å². The number of hydrogen-bond acceptors (Lipinski definition) is 6. The number of rotatable bonds is 4. The quantitative estimate of drug-likeness (QED) is 0.782. The molecule has 1 amide bonds. The third-order valence-electron chi connectivity index (χ3n) is 4.13. The smallest absolute Gasteiger partial charge is 0.262 e. The number of benzene rings is 2. The Bertz CT molecular complexity index is 972. The Morgan fingerprint density at radius 3 is 2.74 bits per heavy atom. The summed E-state index contributed by atoms with van der Waals surface area (Å²) in [6.07, 6.45) is 1.21.